The second kappa shape index (κ2) is 10.6. The van der Waals surface area contributed by atoms with Crippen molar-refractivity contribution in [3.8, 4) is 11.3 Å². The highest BCUT2D eigenvalue weighted by atomic mass is 19.1. The van der Waals surface area contributed by atoms with E-state index in [1.165, 1.54) is 18.2 Å². The van der Waals surface area contributed by atoms with E-state index in [4.69, 9.17) is 9.15 Å². The maximum atomic E-state index is 14.4. The van der Waals surface area contributed by atoms with Gasteiger partial charge in [-0.15, -0.1) is 15.3 Å². The molecule has 1 aliphatic rings. The first-order valence-electron chi connectivity index (χ1n) is 11.8. The first-order chi connectivity index (χ1) is 16.8. The molecule has 1 amide bonds. The number of rotatable bonds is 8. The molecular formula is C25H29F2N5O3. The van der Waals surface area contributed by atoms with E-state index in [1.807, 2.05) is 6.92 Å². The van der Waals surface area contributed by atoms with Crippen LogP contribution in [0.4, 0.5) is 8.78 Å². The number of halogens is 2. The molecular weight excluding hydrogens is 456 g/mol. The van der Waals surface area contributed by atoms with Gasteiger partial charge in [0.05, 0.1) is 23.5 Å². The largest absolute Gasteiger partial charge is 0.424 e. The van der Waals surface area contributed by atoms with Gasteiger partial charge in [0.25, 0.3) is 0 Å². The van der Waals surface area contributed by atoms with Crippen molar-refractivity contribution < 1.29 is 22.7 Å². The monoisotopic (exact) mass is 485 g/mol. The minimum Gasteiger partial charge on any atom is -0.424 e. The van der Waals surface area contributed by atoms with Crippen LogP contribution in [0, 0.1) is 24.5 Å². The van der Waals surface area contributed by atoms with E-state index < -0.39 is 23.8 Å². The van der Waals surface area contributed by atoms with Gasteiger partial charge in [-0.05, 0) is 54.9 Å². The summed E-state index contributed by atoms with van der Waals surface area (Å²) < 4.78 is 40.3. The van der Waals surface area contributed by atoms with E-state index in [0.29, 0.717) is 30.3 Å². The number of aryl methyl sites for hydroxylation is 1. The van der Waals surface area contributed by atoms with Crippen LogP contribution in [0.15, 0.2) is 28.7 Å². The van der Waals surface area contributed by atoms with Gasteiger partial charge in [0, 0.05) is 6.92 Å². The van der Waals surface area contributed by atoms with Crippen LogP contribution in [0.5, 0.6) is 0 Å². The lowest BCUT2D eigenvalue weighted by atomic mass is 9.77. The summed E-state index contributed by atoms with van der Waals surface area (Å²) in [6.45, 7) is 7.83. The average molecular weight is 486 g/mol. The van der Waals surface area contributed by atoms with Gasteiger partial charge in [0.1, 0.15) is 23.8 Å². The summed E-state index contributed by atoms with van der Waals surface area (Å²) >= 11 is 0. The summed E-state index contributed by atoms with van der Waals surface area (Å²) in [6.07, 6.45) is 0.704. The van der Waals surface area contributed by atoms with Gasteiger partial charge < -0.3 is 14.5 Å². The Balaban J connectivity index is 1.58. The second-order valence-corrected chi connectivity index (χ2v) is 9.05. The number of hydrogen-bond donors (Lipinski definition) is 1. The lowest BCUT2D eigenvalue weighted by molar-refractivity contribution is -0.138. The number of nitrogens with zero attached hydrogens (tertiary/aromatic N) is 4. The Bertz CT molecular complexity index is 1180. The molecule has 0 saturated carbocycles. The number of ether oxygens (including phenoxy) is 1. The third-order valence-electron chi connectivity index (χ3n) is 6.29. The quantitative estimate of drug-likeness (QED) is 0.489. The second-order valence-electron chi connectivity index (χ2n) is 9.05. The standard InChI is InChI=1S/C25H29F2N5O3/c1-5-20(25(33)28-12-22-31-29-14(4)34-22)35-21-10-9-15(13(2)3)16-11-19(30-32-24(16)21)23-17(26)7-6-8-18(23)27/h6-8,11,13,15,20-21H,5,9-10,12H2,1-4H3,(H,28,33)/t15?,20-,21?/m1/s1. The van der Waals surface area contributed by atoms with E-state index in [1.54, 1.807) is 13.0 Å². The van der Waals surface area contributed by atoms with Crippen LogP contribution in [0.2, 0.25) is 0 Å². The first-order valence-corrected chi connectivity index (χ1v) is 11.8. The predicted molar refractivity (Wildman–Crippen MR) is 123 cm³/mol. The molecule has 0 bridgehead atoms. The molecule has 1 N–H and O–H groups in total. The number of hydrogen-bond acceptors (Lipinski definition) is 7. The van der Waals surface area contributed by atoms with Crippen LogP contribution in [0.1, 0.15) is 75.1 Å². The summed E-state index contributed by atoms with van der Waals surface area (Å²) in [7, 11) is 0. The topological polar surface area (TPSA) is 103 Å². The number of carbonyl (C=O) groups is 1. The minimum atomic E-state index is -0.724. The fraction of sp³-hybridized carbons (Fsp3) is 0.480. The molecule has 2 heterocycles. The van der Waals surface area contributed by atoms with Gasteiger partial charge in [0.2, 0.25) is 17.7 Å². The molecule has 3 atom stereocenters. The first kappa shape index (κ1) is 24.8. The van der Waals surface area contributed by atoms with Crippen LogP contribution < -0.4 is 5.32 Å². The van der Waals surface area contributed by atoms with E-state index in [-0.39, 0.29) is 35.5 Å². The molecule has 4 rings (SSSR count). The van der Waals surface area contributed by atoms with Crippen molar-refractivity contribution in [3.05, 3.63) is 58.9 Å². The Labute approximate surface area is 202 Å². The fourth-order valence-corrected chi connectivity index (χ4v) is 4.50. The van der Waals surface area contributed by atoms with Crippen molar-refractivity contribution in [1.29, 1.82) is 0 Å². The Morgan fingerprint density at radius 2 is 1.91 bits per heavy atom. The number of amides is 1. The molecule has 186 valence electrons. The van der Waals surface area contributed by atoms with Crippen molar-refractivity contribution >= 4 is 5.91 Å². The SMILES string of the molecule is CC[C@@H](OC1CCC(C(C)C)c2cc(-c3c(F)cccc3F)nnc21)C(=O)NCc1nnc(C)o1. The smallest absolute Gasteiger partial charge is 0.249 e. The van der Waals surface area contributed by atoms with Crippen LogP contribution >= 0.6 is 0 Å². The summed E-state index contributed by atoms with van der Waals surface area (Å²) in [4.78, 5) is 12.8. The lowest BCUT2D eigenvalue weighted by Gasteiger charge is -2.34. The molecule has 0 spiro atoms. The van der Waals surface area contributed by atoms with Gasteiger partial charge in [-0.3, -0.25) is 4.79 Å². The molecule has 2 unspecified atom stereocenters. The molecule has 0 fully saturated rings. The maximum Gasteiger partial charge on any atom is 0.249 e. The average Bonchev–Trinajstić information content (AvgIpc) is 3.25. The number of carbonyl (C=O) groups excluding carboxylic acids is 1. The Kier molecular flexibility index (Phi) is 7.49. The van der Waals surface area contributed by atoms with Gasteiger partial charge >= 0.3 is 0 Å². The van der Waals surface area contributed by atoms with E-state index in [0.717, 1.165) is 12.0 Å². The lowest BCUT2D eigenvalue weighted by Crippen LogP contribution is -2.37. The molecule has 0 aliphatic heterocycles. The zero-order valence-corrected chi connectivity index (χ0v) is 20.2. The zero-order chi connectivity index (χ0) is 25.1. The molecule has 1 aromatic carbocycles. The predicted octanol–water partition coefficient (Wildman–Crippen LogP) is 4.80. The molecule has 8 nitrogen and oxygen atoms in total. The number of nitrogens with one attached hydrogen (secondary N) is 1. The van der Waals surface area contributed by atoms with Gasteiger partial charge in [0.15, 0.2) is 0 Å². The third kappa shape index (κ3) is 5.37. The molecule has 0 radical (unpaired) electrons. The molecule has 0 saturated heterocycles. The molecule has 1 aliphatic carbocycles. The molecule has 35 heavy (non-hydrogen) atoms. The van der Waals surface area contributed by atoms with Crippen molar-refractivity contribution in [2.24, 2.45) is 5.92 Å². The highest BCUT2D eigenvalue weighted by Gasteiger charge is 2.34. The number of benzene rings is 1. The molecule has 10 heteroatoms. The normalized spacial score (nSPS) is 18.4. The summed E-state index contributed by atoms with van der Waals surface area (Å²) in [5.41, 5.74) is 1.40. The molecule has 2 aromatic heterocycles. The highest BCUT2D eigenvalue weighted by Crippen LogP contribution is 2.43. The van der Waals surface area contributed by atoms with Crippen molar-refractivity contribution in [1.82, 2.24) is 25.7 Å². The molecule has 3 aromatic rings. The summed E-state index contributed by atoms with van der Waals surface area (Å²) in [5, 5.41) is 18.9. The third-order valence-corrected chi connectivity index (χ3v) is 6.29. The zero-order valence-electron chi connectivity index (χ0n) is 20.2. The van der Waals surface area contributed by atoms with Crippen molar-refractivity contribution in [2.45, 2.75) is 71.6 Å². The Morgan fingerprint density at radius 1 is 1.17 bits per heavy atom. The van der Waals surface area contributed by atoms with E-state index in [9.17, 15) is 13.6 Å². The van der Waals surface area contributed by atoms with Gasteiger partial charge in [-0.1, -0.05) is 26.8 Å². The number of aromatic nitrogens is 4. The van der Waals surface area contributed by atoms with Gasteiger partial charge in [-0.25, -0.2) is 8.78 Å². The van der Waals surface area contributed by atoms with Crippen LogP contribution in [-0.4, -0.2) is 32.4 Å². The number of fused-ring (bicyclic) bond motifs is 1. The maximum absolute atomic E-state index is 14.4. The highest BCUT2D eigenvalue weighted by molar-refractivity contribution is 5.80. The summed E-state index contributed by atoms with van der Waals surface area (Å²) in [6, 6.07) is 5.43. The summed E-state index contributed by atoms with van der Waals surface area (Å²) in [5.74, 6) is -0.541. The van der Waals surface area contributed by atoms with E-state index >= 15 is 0 Å². The van der Waals surface area contributed by atoms with Crippen molar-refractivity contribution in [3.63, 3.8) is 0 Å². The Morgan fingerprint density at radius 3 is 2.54 bits per heavy atom. The fourth-order valence-electron chi connectivity index (χ4n) is 4.50. The van der Waals surface area contributed by atoms with Crippen LogP contribution in [-0.2, 0) is 16.1 Å². The minimum absolute atomic E-state index is 0.105. The van der Waals surface area contributed by atoms with Gasteiger partial charge in [-0.2, -0.15) is 5.10 Å². The van der Waals surface area contributed by atoms with E-state index in [2.05, 4.69) is 39.6 Å². The Hall–Kier alpha value is -3.27. The van der Waals surface area contributed by atoms with Crippen LogP contribution in [0.3, 0.4) is 0 Å². The van der Waals surface area contributed by atoms with Crippen molar-refractivity contribution in [2.75, 3.05) is 0 Å². The van der Waals surface area contributed by atoms with Crippen LogP contribution in [0.25, 0.3) is 11.3 Å².